The summed E-state index contributed by atoms with van der Waals surface area (Å²) in [7, 11) is 0. The van der Waals surface area contributed by atoms with Crippen LogP contribution in [0.15, 0.2) is 42.0 Å². The number of hydrogen-bond donors (Lipinski definition) is 0. The predicted molar refractivity (Wildman–Crippen MR) is 151 cm³/mol. The largest absolute Gasteiger partial charge is 0.461 e. The Morgan fingerprint density at radius 3 is 2.00 bits per heavy atom. The molecule has 3 aliphatic carbocycles. The number of fused-ring (bicyclic) bond motifs is 1. The quantitative estimate of drug-likeness (QED) is 0.212. The zero-order valence-electron chi connectivity index (χ0n) is 25.9. The van der Waals surface area contributed by atoms with E-state index in [1.165, 1.54) is 20.8 Å². The summed E-state index contributed by atoms with van der Waals surface area (Å²) in [6.45, 7) is 13.1. The second-order valence-electron chi connectivity index (χ2n) is 13.2. The van der Waals surface area contributed by atoms with Crippen LogP contribution in [0.4, 0.5) is 0 Å². The van der Waals surface area contributed by atoms with Crippen molar-refractivity contribution in [2.45, 2.75) is 97.4 Å². The van der Waals surface area contributed by atoms with Crippen LogP contribution in [0, 0.1) is 29.1 Å². The van der Waals surface area contributed by atoms with Gasteiger partial charge in [-0.25, -0.2) is 4.79 Å². The van der Waals surface area contributed by atoms with Gasteiger partial charge in [0.2, 0.25) is 0 Å². The number of esters is 4. The number of carbonyl (C=O) groups is 5. The molecule has 0 radical (unpaired) electrons. The maximum atomic E-state index is 14.4. The second kappa shape index (κ2) is 10.6. The number of epoxide rings is 1. The maximum Gasteiger partial charge on any atom is 0.338 e. The van der Waals surface area contributed by atoms with E-state index in [0.717, 1.165) is 0 Å². The van der Waals surface area contributed by atoms with E-state index < -0.39 is 82.7 Å². The molecule has 0 amide bonds. The van der Waals surface area contributed by atoms with Crippen molar-refractivity contribution in [3.05, 3.63) is 47.5 Å². The van der Waals surface area contributed by atoms with E-state index in [2.05, 4.69) is 0 Å². The van der Waals surface area contributed by atoms with Gasteiger partial charge >= 0.3 is 23.9 Å². The minimum Gasteiger partial charge on any atom is -0.461 e. The molecule has 0 aromatic heterocycles. The summed E-state index contributed by atoms with van der Waals surface area (Å²) in [6.07, 6.45) is -1.74. The highest BCUT2D eigenvalue weighted by Crippen LogP contribution is 2.69. The Balaban J connectivity index is 1.69. The van der Waals surface area contributed by atoms with E-state index in [-0.39, 0.29) is 18.1 Å². The third-order valence-electron chi connectivity index (χ3n) is 9.82. The summed E-state index contributed by atoms with van der Waals surface area (Å²) in [5, 5.41) is 0. The lowest BCUT2D eigenvalue weighted by Crippen LogP contribution is -2.43. The number of Topliss-reactive ketones (excluding diaryl/α,β-unsaturated/α-hetero) is 1. The molecule has 1 unspecified atom stereocenters. The molecule has 1 aromatic rings. The first-order valence-electron chi connectivity index (χ1n) is 14.8. The Morgan fingerprint density at radius 1 is 0.837 bits per heavy atom. The molecular weight excluding hydrogens is 556 g/mol. The van der Waals surface area contributed by atoms with Crippen molar-refractivity contribution >= 4 is 29.7 Å². The van der Waals surface area contributed by atoms with Gasteiger partial charge < -0.3 is 23.7 Å². The molecule has 1 aliphatic heterocycles. The lowest BCUT2D eigenvalue weighted by molar-refractivity contribution is -0.154. The first-order valence-corrected chi connectivity index (χ1v) is 14.8. The monoisotopic (exact) mass is 596 g/mol. The molecule has 0 bridgehead atoms. The fourth-order valence-corrected chi connectivity index (χ4v) is 7.97. The van der Waals surface area contributed by atoms with Gasteiger partial charge in [0.1, 0.15) is 18.3 Å². The van der Waals surface area contributed by atoms with Crippen molar-refractivity contribution < 1.29 is 47.7 Å². The van der Waals surface area contributed by atoms with E-state index in [1.807, 2.05) is 20.8 Å². The van der Waals surface area contributed by atoms with Gasteiger partial charge in [-0.3, -0.25) is 19.2 Å². The van der Waals surface area contributed by atoms with Crippen molar-refractivity contribution in [1.29, 1.82) is 0 Å². The molecule has 10 heteroatoms. The van der Waals surface area contributed by atoms with Gasteiger partial charge in [0, 0.05) is 32.6 Å². The Bertz CT molecular complexity index is 1380. The van der Waals surface area contributed by atoms with Crippen molar-refractivity contribution in [2.75, 3.05) is 0 Å². The van der Waals surface area contributed by atoms with Gasteiger partial charge in [-0.05, 0) is 48.5 Å². The molecule has 3 fully saturated rings. The molecule has 1 saturated heterocycles. The van der Waals surface area contributed by atoms with Crippen LogP contribution in [-0.4, -0.2) is 65.3 Å². The van der Waals surface area contributed by atoms with E-state index in [4.69, 9.17) is 23.7 Å². The summed E-state index contributed by atoms with van der Waals surface area (Å²) < 4.78 is 30.1. The smallest absolute Gasteiger partial charge is 0.338 e. The number of ether oxygens (including phenoxy) is 5. The number of benzene rings is 1. The van der Waals surface area contributed by atoms with Crippen molar-refractivity contribution in [1.82, 2.24) is 0 Å². The topological polar surface area (TPSA) is 135 Å². The fraction of sp³-hybridized carbons (Fsp3) is 0.606. The normalized spacial score (nSPS) is 40.2. The van der Waals surface area contributed by atoms with Crippen LogP contribution < -0.4 is 0 Å². The average Bonchev–Trinajstić information content (AvgIpc) is 3.71. The van der Waals surface area contributed by atoms with Crippen LogP contribution in [0.1, 0.15) is 72.2 Å². The molecule has 10 atom stereocenters. The van der Waals surface area contributed by atoms with E-state index in [1.54, 1.807) is 50.3 Å². The zero-order valence-corrected chi connectivity index (χ0v) is 25.9. The maximum absolute atomic E-state index is 14.4. The van der Waals surface area contributed by atoms with E-state index in [9.17, 15) is 24.0 Å². The Labute approximate surface area is 251 Å². The lowest BCUT2D eigenvalue weighted by Gasteiger charge is -2.30. The van der Waals surface area contributed by atoms with Crippen LogP contribution >= 0.6 is 0 Å². The Hall–Kier alpha value is -3.53. The van der Waals surface area contributed by atoms with Gasteiger partial charge in [0.15, 0.2) is 23.1 Å². The van der Waals surface area contributed by atoms with Crippen molar-refractivity contribution in [2.24, 2.45) is 29.1 Å². The highest BCUT2D eigenvalue weighted by Gasteiger charge is 2.84. The third kappa shape index (κ3) is 4.97. The molecule has 10 nitrogen and oxygen atoms in total. The summed E-state index contributed by atoms with van der Waals surface area (Å²) in [4.78, 5) is 65.0. The SMILES string of the molecule is CC(=O)O[C@@H]1[C@@H]2[C@H](C(OC(=O)c3ccccc3)[C@H](OC(C)=O)/C(C)=C/[C@@]34O[C@@]3(C[C@H](C)[C@@H]4OC(C)=O)C(=O)[C@@H]1C)C2(C)C. The van der Waals surface area contributed by atoms with Crippen LogP contribution in [-0.2, 0) is 42.9 Å². The molecule has 5 rings (SSSR count). The molecule has 4 aliphatic rings. The van der Waals surface area contributed by atoms with Crippen molar-refractivity contribution in [3.8, 4) is 0 Å². The van der Waals surface area contributed by atoms with Crippen LogP contribution in [0.2, 0.25) is 0 Å². The van der Waals surface area contributed by atoms with Gasteiger partial charge in [-0.2, -0.15) is 0 Å². The minimum absolute atomic E-state index is 0.239. The molecule has 1 heterocycles. The first kappa shape index (κ1) is 30.9. The highest BCUT2D eigenvalue weighted by atomic mass is 16.7. The number of hydrogen-bond acceptors (Lipinski definition) is 10. The van der Waals surface area contributed by atoms with Gasteiger partial charge in [-0.1, -0.05) is 45.9 Å². The fourth-order valence-electron chi connectivity index (χ4n) is 7.97. The molecule has 232 valence electrons. The van der Waals surface area contributed by atoms with Gasteiger partial charge in [-0.15, -0.1) is 0 Å². The van der Waals surface area contributed by atoms with Gasteiger partial charge in [0.25, 0.3) is 0 Å². The lowest BCUT2D eigenvalue weighted by atomic mass is 9.80. The van der Waals surface area contributed by atoms with Crippen molar-refractivity contribution in [3.63, 3.8) is 0 Å². The Kier molecular flexibility index (Phi) is 7.60. The zero-order chi connectivity index (χ0) is 31.6. The Morgan fingerprint density at radius 2 is 1.42 bits per heavy atom. The first-order chi connectivity index (χ1) is 20.1. The summed E-state index contributed by atoms with van der Waals surface area (Å²) in [5.41, 5.74) is -2.43. The number of carbonyl (C=O) groups excluding carboxylic acids is 5. The summed E-state index contributed by atoms with van der Waals surface area (Å²) in [5.74, 6) is -4.43. The highest BCUT2D eigenvalue weighted by molar-refractivity contribution is 5.96. The molecule has 43 heavy (non-hydrogen) atoms. The summed E-state index contributed by atoms with van der Waals surface area (Å²) in [6, 6.07) is 8.48. The average molecular weight is 597 g/mol. The second-order valence-corrected chi connectivity index (χ2v) is 13.2. The van der Waals surface area contributed by atoms with Gasteiger partial charge in [0.05, 0.1) is 11.5 Å². The van der Waals surface area contributed by atoms with E-state index >= 15 is 0 Å². The van der Waals surface area contributed by atoms with Crippen LogP contribution in [0.3, 0.4) is 0 Å². The third-order valence-corrected chi connectivity index (χ3v) is 9.82. The summed E-state index contributed by atoms with van der Waals surface area (Å²) >= 11 is 0. The van der Waals surface area contributed by atoms with Crippen LogP contribution in [0.5, 0.6) is 0 Å². The number of ketones is 1. The number of rotatable bonds is 5. The van der Waals surface area contributed by atoms with Crippen LogP contribution in [0.25, 0.3) is 0 Å². The molecular formula is C33H40O10. The predicted octanol–water partition coefficient (Wildman–Crippen LogP) is 3.99. The van der Waals surface area contributed by atoms with E-state index in [0.29, 0.717) is 11.1 Å². The molecule has 0 spiro atoms. The molecule has 0 N–H and O–H groups in total. The standard InChI is InChI=1S/C33H40O10/c1-16-14-33-29(41-21(6)36)17(2)15-32(33,43-33)28(37)18(3)26(40-20(5)35)23-24(31(23,7)8)27(25(16)39-19(4)34)42-30(38)22-12-10-9-11-13-22/h9-14,17-18,23-27,29H,15H2,1-8H3/b16-14+/t17-,18+,23-,24+,25+,26-,27?,29-,32-,33-/m0/s1. The molecule has 1 aromatic carbocycles. The minimum atomic E-state index is -1.33. The molecule has 2 saturated carbocycles.